The van der Waals surface area contributed by atoms with Gasteiger partial charge in [0, 0.05) is 31.1 Å². The lowest BCUT2D eigenvalue weighted by atomic mass is 9.97. The summed E-state index contributed by atoms with van der Waals surface area (Å²) in [4.78, 5) is 4.01. The smallest absolute Gasteiger partial charge is 0.0660 e. The second kappa shape index (κ2) is 5.48. The zero-order chi connectivity index (χ0) is 12.3. The van der Waals surface area contributed by atoms with Crippen molar-refractivity contribution in [3.8, 4) is 0 Å². The molecule has 0 aromatic carbocycles. The van der Waals surface area contributed by atoms with Crippen molar-refractivity contribution in [2.45, 2.75) is 32.4 Å². The summed E-state index contributed by atoms with van der Waals surface area (Å²) in [5.74, 6) is 0. The van der Waals surface area contributed by atoms with E-state index in [4.69, 9.17) is 10.5 Å². The minimum Gasteiger partial charge on any atom is -0.380 e. The Labute approximate surface area is 108 Å². The van der Waals surface area contributed by atoms with E-state index < -0.39 is 0 Å². The summed E-state index contributed by atoms with van der Waals surface area (Å²) in [7, 11) is 0. The molecule has 96 valence electrons. The average molecular weight is 254 g/mol. The van der Waals surface area contributed by atoms with Crippen LogP contribution in [-0.2, 0) is 17.7 Å². The average Bonchev–Trinajstić information content (AvgIpc) is 2.83. The Bertz CT molecular complexity index is 366. The zero-order valence-corrected chi connectivity index (χ0v) is 11.6. The first-order valence-electron chi connectivity index (χ1n) is 6.27. The molecule has 1 unspecified atom stereocenters. The van der Waals surface area contributed by atoms with Crippen molar-refractivity contribution in [2.24, 2.45) is 5.73 Å². The number of nitrogens with two attached hydrogens (primary N) is 1. The van der Waals surface area contributed by atoms with Gasteiger partial charge in [-0.2, -0.15) is 0 Å². The van der Waals surface area contributed by atoms with Gasteiger partial charge in [-0.1, -0.05) is 0 Å². The van der Waals surface area contributed by atoms with Crippen LogP contribution in [0.4, 0.5) is 0 Å². The molecule has 1 aliphatic heterocycles. The Morgan fingerprint density at radius 1 is 1.59 bits per heavy atom. The van der Waals surface area contributed by atoms with E-state index in [0.717, 1.165) is 32.7 Å². The lowest BCUT2D eigenvalue weighted by molar-refractivity contribution is 0.00312. The summed E-state index contributed by atoms with van der Waals surface area (Å²) in [5, 5.41) is 2.19. The maximum absolute atomic E-state index is 5.95. The van der Waals surface area contributed by atoms with Crippen molar-refractivity contribution in [1.82, 2.24) is 4.90 Å². The molecule has 1 aromatic heterocycles. The molecule has 2 rings (SSSR count). The van der Waals surface area contributed by atoms with Gasteiger partial charge in [-0.15, -0.1) is 11.3 Å². The number of thiophene rings is 1. The summed E-state index contributed by atoms with van der Waals surface area (Å²) in [6.07, 6.45) is 1.15. The minimum absolute atomic E-state index is 0.0321. The second-order valence-corrected chi connectivity index (χ2v) is 5.88. The maximum Gasteiger partial charge on any atom is 0.0660 e. The molecule has 0 radical (unpaired) electrons. The van der Waals surface area contributed by atoms with Crippen LogP contribution in [0.1, 0.15) is 24.3 Å². The molecule has 0 spiro atoms. The molecule has 0 fully saturated rings. The van der Waals surface area contributed by atoms with E-state index in [2.05, 4.69) is 23.3 Å². The standard InChI is InChI=1S/C13H22N2OS/c1-3-16-10-13(2,9-14)15-6-4-12-11(8-15)5-7-17-12/h5,7H,3-4,6,8-10,14H2,1-2H3. The molecule has 0 saturated carbocycles. The lowest BCUT2D eigenvalue weighted by Gasteiger charge is -2.42. The quantitative estimate of drug-likeness (QED) is 0.871. The largest absolute Gasteiger partial charge is 0.380 e. The van der Waals surface area contributed by atoms with Gasteiger partial charge >= 0.3 is 0 Å². The first kappa shape index (κ1) is 13.0. The van der Waals surface area contributed by atoms with Gasteiger partial charge in [-0.05, 0) is 37.3 Å². The van der Waals surface area contributed by atoms with E-state index in [1.54, 1.807) is 0 Å². The topological polar surface area (TPSA) is 38.5 Å². The number of fused-ring (bicyclic) bond motifs is 1. The summed E-state index contributed by atoms with van der Waals surface area (Å²) in [5.41, 5.74) is 7.39. The molecule has 0 bridgehead atoms. The minimum atomic E-state index is -0.0321. The number of hydrogen-bond acceptors (Lipinski definition) is 4. The highest BCUT2D eigenvalue weighted by Gasteiger charge is 2.33. The predicted molar refractivity (Wildman–Crippen MR) is 72.4 cm³/mol. The van der Waals surface area contributed by atoms with Crippen LogP contribution < -0.4 is 5.73 Å². The lowest BCUT2D eigenvalue weighted by Crippen LogP contribution is -2.56. The molecule has 2 N–H and O–H groups in total. The first-order chi connectivity index (χ1) is 8.19. The fourth-order valence-corrected chi connectivity index (χ4v) is 3.20. The fraction of sp³-hybridized carbons (Fsp3) is 0.692. The van der Waals surface area contributed by atoms with Gasteiger partial charge in [-0.3, -0.25) is 4.90 Å². The van der Waals surface area contributed by atoms with Crippen LogP contribution in [-0.4, -0.2) is 36.7 Å². The van der Waals surface area contributed by atoms with Gasteiger partial charge < -0.3 is 10.5 Å². The van der Waals surface area contributed by atoms with Crippen LogP contribution in [0.25, 0.3) is 0 Å². The van der Waals surface area contributed by atoms with Crippen LogP contribution in [0.2, 0.25) is 0 Å². The molecule has 0 saturated heterocycles. The molecule has 1 aliphatic rings. The monoisotopic (exact) mass is 254 g/mol. The normalized spacial score (nSPS) is 19.9. The third-order valence-electron chi connectivity index (χ3n) is 3.63. The summed E-state index contributed by atoms with van der Waals surface area (Å²) in [6, 6.07) is 2.24. The van der Waals surface area contributed by atoms with Gasteiger partial charge in [0.1, 0.15) is 0 Å². The highest BCUT2D eigenvalue weighted by molar-refractivity contribution is 7.10. The van der Waals surface area contributed by atoms with Gasteiger partial charge in [0.25, 0.3) is 0 Å². The second-order valence-electron chi connectivity index (χ2n) is 4.88. The SMILES string of the molecule is CCOCC(C)(CN)N1CCc2sccc2C1. The molecule has 0 aliphatic carbocycles. The van der Waals surface area contributed by atoms with Gasteiger partial charge in [-0.25, -0.2) is 0 Å². The Hall–Kier alpha value is -0.420. The number of hydrogen-bond donors (Lipinski definition) is 1. The highest BCUT2D eigenvalue weighted by atomic mass is 32.1. The van der Waals surface area contributed by atoms with Crippen molar-refractivity contribution in [3.05, 3.63) is 21.9 Å². The number of ether oxygens (including phenoxy) is 1. The van der Waals surface area contributed by atoms with Crippen LogP contribution in [0.5, 0.6) is 0 Å². The maximum atomic E-state index is 5.95. The van der Waals surface area contributed by atoms with Crippen LogP contribution in [0.15, 0.2) is 11.4 Å². The molecule has 2 heterocycles. The molecule has 1 atom stereocenters. The molecular formula is C13H22N2OS. The van der Waals surface area contributed by atoms with Crippen molar-refractivity contribution in [2.75, 3.05) is 26.3 Å². The Morgan fingerprint density at radius 2 is 2.41 bits per heavy atom. The third kappa shape index (κ3) is 2.71. The highest BCUT2D eigenvalue weighted by Crippen LogP contribution is 2.28. The van der Waals surface area contributed by atoms with E-state index in [0.29, 0.717) is 6.54 Å². The first-order valence-corrected chi connectivity index (χ1v) is 7.15. The van der Waals surface area contributed by atoms with Gasteiger partial charge in [0.15, 0.2) is 0 Å². The molecule has 0 amide bonds. The van der Waals surface area contributed by atoms with E-state index in [-0.39, 0.29) is 5.54 Å². The number of rotatable bonds is 5. The Kier molecular flexibility index (Phi) is 4.20. The van der Waals surface area contributed by atoms with E-state index in [9.17, 15) is 0 Å². The van der Waals surface area contributed by atoms with Crippen molar-refractivity contribution < 1.29 is 4.74 Å². The summed E-state index contributed by atoms with van der Waals surface area (Å²) >= 11 is 1.87. The fourth-order valence-electron chi connectivity index (χ4n) is 2.31. The third-order valence-corrected chi connectivity index (χ3v) is 4.65. The van der Waals surface area contributed by atoms with Crippen LogP contribution >= 0.6 is 11.3 Å². The Balaban J connectivity index is 2.07. The molecule has 1 aromatic rings. The van der Waals surface area contributed by atoms with Crippen molar-refractivity contribution in [3.63, 3.8) is 0 Å². The van der Waals surface area contributed by atoms with E-state index >= 15 is 0 Å². The molecule has 3 nitrogen and oxygen atoms in total. The summed E-state index contributed by atoms with van der Waals surface area (Å²) < 4.78 is 5.59. The summed E-state index contributed by atoms with van der Waals surface area (Å²) in [6.45, 7) is 8.47. The molecular weight excluding hydrogens is 232 g/mol. The predicted octanol–water partition coefficient (Wildman–Crippen LogP) is 1.86. The molecule has 4 heteroatoms. The number of nitrogens with zero attached hydrogens (tertiary/aromatic N) is 1. The molecule has 17 heavy (non-hydrogen) atoms. The van der Waals surface area contributed by atoms with Gasteiger partial charge in [0.2, 0.25) is 0 Å². The van der Waals surface area contributed by atoms with E-state index in [1.165, 1.54) is 10.4 Å². The van der Waals surface area contributed by atoms with Gasteiger partial charge in [0.05, 0.1) is 12.1 Å². The van der Waals surface area contributed by atoms with Crippen molar-refractivity contribution >= 4 is 11.3 Å². The van der Waals surface area contributed by atoms with Crippen LogP contribution in [0, 0.1) is 0 Å². The Morgan fingerprint density at radius 3 is 3.12 bits per heavy atom. The van der Waals surface area contributed by atoms with Crippen LogP contribution in [0.3, 0.4) is 0 Å². The van der Waals surface area contributed by atoms with Crippen molar-refractivity contribution in [1.29, 1.82) is 0 Å². The van der Waals surface area contributed by atoms with E-state index in [1.807, 2.05) is 18.3 Å². The zero-order valence-electron chi connectivity index (χ0n) is 10.7.